The second kappa shape index (κ2) is 56.0. The van der Waals surface area contributed by atoms with Crippen LogP contribution in [-0.2, 0) is 33.0 Å². The number of benzene rings is 3. The monoisotopic (exact) mass is 1930 g/mol. The molecular formula is C121H163N9O2S5. The largest absolute Gasteiger partial charge is 0.337 e. The third kappa shape index (κ3) is 27.2. The number of ketones is 2. The van der Waals surface area contributed by atoms with Crippen LogP contribution in [0.1, 0.15) is 477 Å². The van der Waals surface area contributed by atoms with Crippen molar-refractivity contribution in [1.29, 1.82) is 21.0 Å². The Morgan fingerprint density at radius 2 is 0.657 bits per heavy atom. The number of thiophene rings is 5. The molecule has 0 N–H and O–H groups in total. The smallest absolute Gasteiger partial charge is 0.194 e. The molecular weight excluding hydrogens is 1770 g/mol. The van der Waals surface area contributed by atoms with Crippen LogP contribution in [0, 0.1) is 71.0 Å². The number of Topliss-reactive ketones (excluding diaryl/α,β-unsaturated/α-hetero) is 2. The maximum atomic E-state index is 15.9. The van der Waals surface area contributed by atoms with Gasteiger partial charge in [0.2, 0.25) is 0 Å². The fourth-order valence-electron chi connectivity index (χ4n) is 22.5. The van der Waals surface area contributed by atoms with Crippen LogP contribution in [0.4, 0.5) is 0 Å². The van der Waals surface area contributed by atoms with E-state index in [1.54, 1.807) is 11.3 Å². The van der Waals surface area contributed by atoms with Gasteiger partial charge in [0.1, 0.15) is 46.5 Å². The summed E-state index contributed by atoms with van der Waals surface area (Å²) in [6.07, 6.45) is 78.5. The number of nitriles is 4. The fraction of sp³-hybridized carbons (Fsp3) is 0.603. The van der Waals surface area contributed by atoms with Gasteiger partial charge in [0, 0.05) is 83.8 Å². The lowest BCUT2D eigenvalue weighted by molar-refractivity contribution is 0.103. The van der Waals surface area contributed by atoms with Crippen LogP contribution in [0.3, 0.4) is 0 Å². The number of aryl methyl sites for hydroxylation is 5. The fourth-order valence-corrected chi connectivity index (χ4v) is 29.3. The Balaban J connectivity index is 1.09. The van der Waals surface area contributed by atoms with E-state index in [-0.39, 0.29) is 22.7 Å². The Hall–Kier alpha value is -8.06. The molecule has 2 atom stereocenters. The molecule has 0 amide bonds. The molecule has 13 rings (SSSR count). The van der Waals surface area contributed by atoms with Crippen molar-refractivity contribution in [3.8, 4) is 34.7 Å². The van der Waals surface area contributed by atoms with Gasteiger partial charge >= 0.3 is 0 Å². The Morgan fingerprint density at radius 3 is 0.978 bits per heavy atom. The first kappa shape index (κ1) is 106. The SMILES string of the molecule is CCCCCCCCCCCCC(CCCCCCCCCC)Cn1c2c3sc(/C=C4\C(=O)c5cc(C)ccc5C4=C(C#N)C#N)c(CCCCCCCCCCC)c3sc2c2c3nn(C)nc3c3c4sc5c(CCCCCCCCCCC)c(/C=C6\C(=O)c7cc(-c8ccc(C)s8)ccc7C6=C(C#N)C#N)sc5c4n(CC(CCCCCCCCCC)CCCCCCCCCCCC)c3c21. The molecule has 137 heavy (non-hydrogen) atoms. The Labute approximate surface area is 843 Å². The lowest BCUT2D eigenvalue weighted by Gasteiger charge is -2.22. The summed E-state index contributed by atoms with van der Waals surface area (Å²) in [5.41, 5.74) is 15.5. The maximum absolute atomic E-state index is 15.9. The zero-order valence-electron chi connectivity index (χ0n) is 85.7. The molecule has 3 aromatic carbocycles. The third-order valence-corrected chi connectivity index (χ3v) is 36.4. The van der Waals surface area contributed by atoms with E-state index in [1.165, 1.54) is 398 Å². The van der Waals surface area contributed by atoms with Gasteiger partial charge in [-0.2, -0.15) is 36.0 Å². The minimum atomic E-state index is -0.142. The summed E-state index contributed by atoms with van der Waals surface area (Å²) in [7, 11) is 2.04. The molecule has 11 aromatic rings. The standard InChI is InChI=1S/C121H163N9O2S5/c1-10-16-22-28-34-40-44-48-54-60-66-88(64-58-52-46-38-32-26-20-14-5)84-129-110-106(118-112(129)120-116(136-118)95(68-62-56-50-42-36-30-24-18-12-3)102(134-120)78-99-104(91(80-122)81-123)93-73-70-86(7)76-97(93)114(99)131)108-109(127-128(9)126-108)107-111(110)130(85-89(65-59-53-47-39-33-27-21-15-6)67-61-55-49-45-41-35-29-23-17-11-2)113-119(107)137-117-96(69-63-57-51-43-37-31-25-19-13-4)103(135-121(113)117)79-100-105(92(82-124)83-125)94-74-72-90(77-98(94)115(100)132)101-75-71-87(8)133-101/h70-79,88-89H,10-69,84-85H2,1-9H3/b99-78-,100-79-. The zero-order chi connectivity index (χ0) is 96.2. The number of carbonyl (C=O) groups excluding carboxylic acids is 2. The van der Waals surface area contributed by atoms with Gasteiger partial charge in [-0.25, -0.2) is 0 Å². The molecule has 2 aliphatic rings. The van der Waals surface area contributed by atoms with Crippen LogP contribution in [0.2, 0.25) is 0 Å². The molecule has 0 aliphatic heterocycles. The van der Waals surface area contributed by atoms with Gasteiger partial charge in [0.15, 0.2) is 11.6 Å². The van der Waals surface area contributed by atoms with Gasteiger partial charge in [-0.1, -0.05) is 405 Å². The number of nitrogens with zero attached hydrogens (tertiary/aromatic N) is 9. The summed E-state index contributed by atoms with van der Waals surface area (Å²) >= 11 is 9.27. The van der Waals surface area contributed by atoms with E-state index < -0.39 is 0 Å². The molecule has 11 nitrogen and oxygen atoms in total. The summed E-state index contributed by atoms with van der Waals surface area (Å²) in [6.45, 7) is 19.7. The van der Waals surface area contributed by atoms with Crippen molar-refractivity contribution in [1.82, 2.24) is 24.1 Å². The number of allylic oxidation sites excluding steroid dienone is 6. The Morgan fingerprint density at radius 1 is 0.343 bits per heavy atom. The normalized spacial score (nSPS) is 13.9. The minimum Gasteiger partial charge on any atom is -0.337 e. The molecule has 0 bridgehead atoms. The highest BCUT2D eigenvalue weighted by Crippen LogP contribution is 2.57. The molecule has 16 heteroatoms. The molecule has 2 unspecified atom stereocenters. The Kier molecular flexibility index (Phi) is 43.4. The predicted octanol–water partition coefficient (Wildman–Crippen LogP) is 39.3. The summed E-state index contributed by atoms with van der Waals surface area (Å²) in [5, 5.41) is 57.8. The second-order valence-corrected chi connectivity index (χ2v) is 46.6. The first-order valence-corrected chi connectivity index (χ1v) is 59.4. The molecule has 734 valence electrons. The van der Waals surface area contributed by atoms with Crippen LogP contribution < -0.4 is 0 Å². The molecule has 0 saturated carbocycles. The van der Waals surface area contributed by atoms with Gasteiger partial charge in [-0.3, -0.25) is 9.59 Å². The number of aromatic nitrogens is 5. The number of fused-ring (bicyclic) bond motifs is 16. The van der Waals surface area contributed by atoms with Gasteiger partial charge in [-0.05, 0) is 141 Å². The summed E-state index contributed by atoms with van der Waals surface area (Å²) < 4.78 is 13.3. The topological polar surface area (TPSA) is 170 Å². The van der Waals surface area contributed by atoms with Crippen molar-refractivity contribution in [2.75, 3.05) is 0 Å². The first-order chi connectivity index (χ1) is 67.3. The van der Waals surface area contributed by atoms with Crippen molar-refractivity contribution >= 4 is 164 Å². The molecule has 8 aromatic heterocycles. The number of carbonyl (C=O) groups is 2. The number of unbranched alkanes of at least 4 members (excludes halogenated alkanes) is 48. The van der Waals surface area contributed by atoms with Crippen molar-refractivity contribution in [3.05, 3.63) is 124 Å². The van der Waals surface area contributed by atoms with Gasteiger partial charge < -0.3 is 9.13 Å². The molecule has 2 aliphatic carbocycles. The van der Waals surface area contributed by atoms with Crippen LogP contribution in [0.25, 0.3) is 106 Å². The van der Waals surface area contributed by atoms with Crippen LogP contribution >= 0.6 is 56.7 Å². The van der Waals surface area contributed by atoms with Crippen LogP contribution in [0.5, 0.6) is 0 Å². The minimum absolute atomic E-state index is 0.0326. The summed E-state index contributed by atoms with van der Waals surface area (Å²) in [4.78, 5) is 37.6. The van der Waals surface area contributed by atoms with E-state index in [0.717, 1.165) is 114 Å². The third-order valence-electron chi connectivity index (χ3n) is 30.2. The summed E-state index contributed by atoms with van der Waals surface area (Å²) in [6, 6.07) is 25.4. The highest BCUT2D eigenvalue weighted by molar-refractivity contribution is 7.34. The maximum Gasteiger partial charge on any atom is 0.194 e. The average Bonchev–Trinajstić information content (AvgIpc) is 1.50. The summed E-state index contributed by atoms with van der Waals surface area (Å²) in [5.74, 6) is 0.485. The van der Waals surface area contributed by atoms with E-state index in [4.69, 9.17) is 10.2 Å². The van der Waals surface area contributed by atoms with E-state index in [1.807, 2.05) is 94.4 Å². The molecule has 0 radical (unpaired) electrons. The number of hydrogen-bond acceptors (Lipinski definition) is 13. The second-order valence-electron chi connectivity index (χ2n) is 41.1. The molecule has 0 saturated heterocycles. The van der Waals surface area contributed by atoms with Crippen molar-refractivity contribution in [2.24, 2.45) is 18.9 Å². The van der Waals surface area contributed by atoms with Crippen molar-refractivity contribution < 1.29 is 9.59 Å². The van der Waals surface area contributed by atoms with E-state index in [9.17, 15) is 21.0 Å². The van der Waals surface area contributed by atoms with Crippen molar-refractivity contribution in [3.63, 3.8) is 0 Å². The number of hydrogen-bond donors (Lipinski definition) is 0. The average molecular weight is 1940 g/mol. The molecule has 0 spiro atoms. The lowest BCUT2D eigenvalue weighted by Crippen LogP contribution is -2.14. The van der Waals surface area contributed by atoms with E-state index in [2.05, 4.69) is 112 Å². The molecule has 0 fully saturated rings. The van der Waals surface area contributed by atoms with Crippen molar-refractivity contribution in [2.45, 2.75) is 454 Å². The van der Waals surface area contributed by atoms with E-state index in [0.29, 0.717) is 56.4 Å². The lowest BCUT2D eigenvalue weighted by atomic mass is 9.93. The van der Waals surface area contributed by atoms with Gasteiger partial charge in [-0.15, -0.1) is 56.7 Å². The zero-order valence-corrected chi connectivity index (χ0v) is 89.7. The van der Waals surface area contributed by atoms with Crippen LogP contribution in [-0.4, -0.2) is 35.7 Å². The first-order valence-electron chi connectivity index (χ1n) is 55.4. The highest BCUT2D eigenvalue weighted by Gasteiger charge is 2.39. The van der Waals surface area contributed by atoms with E-state index >= 15 is 9.59 Å². The Bertz CT molecular complexity index is 6010. The van der Waals surface area contributed by atoms with Gasteiger partial charge in [0.25, 0.3) is 0 Å². The van der Waals surface area contributed by atoms with Crippen LogP contribution in [0.15, 0.2) is 70.8 Å². The highest BCUT2D eigenvalue weighted by atomic mass is 32.1. The predicted molar refractivity (Wildman–Crippen MR) is 594 cm³/mol. The van der Waals surface area contributed by atoms with Gasteiger partial charge in [0.05, 0.1) is 50.3 Å². The number of rotatable bonds is 67. The molecule has 8 heterocycles. The quantitative estimate of drug-likeness (QED) is 0.0206.